The molecular weight excluding hydrogens is 700 g/mol. The Morgan fingerprint density at radius 1 is 1.06 bits per heavy atom. The van der Waals surface area contributed by atoms with E-state index in [0.717, 1.165) is 24.0 Å². The Labute approximate surface area is 314 Å². The number of hydroxylamine groups is 1. The van der Waals surface area contributed by atoms with Crippen LogP contribution in [0, 0.1) is 5.41 Å². The molecule has 4 aliphatic rings. The lowest BCUT2D eigenvalue weighted by Gasteiger charge is -2.37. The molecule has 2 aromatic carbocycles. The quantitative estimate of drug-likeness (QED) is 0.241. The second-order valence-electron chi connectivity index (χ2n) is 15.6. The number of ketones is 1. The lowest BCUT2D eigenvalue weighted by molar-refractivity contribution is -0.145. The monoisotopic (exact) mass is 746 g/mol. The fourth-order valence-corrected chi connectivity index (χ4v) is 7.29. The number of benzene rings is 2. The number of hydrogen-bond acceptors (Lipinski definition) is 8. The van der Waals surface area contributed by atoms with Crippen LogP contribution >= 0.6 is 11.6 Å². The first kappa shape index (κ1) is 38.0. The molecule has 0 radical (unpaired) electrons. The van der Waals surface area contributed by atoms with Crippen molar-refractivity contribution >= 4 is 52.6 Å². The van der Waals surface area contributed by atoms with E-state index in [2.05, 4.69) is 21.4 Å². The van der Waals surface area contributed by atoms with Gasteiger partial charge in [0.1, 0.15) is 23.7 Å². The minimum absolute atomic E-state index is 0.0185. The summed E-state index contributed by atoms with van der Waals surface area (Å²) in [5.41, 5.74) is 3.64. The molecule has 3 heterocycles. The Balaban J connectivity index is 1.27. The average Bonchev–Trinajstić information content (AvgIpc) is 3.56. The van der Waals surface area contributed by atoms with Gasteiger partial charge in [0, 0.05) is 35.2 Å². The summed E-state index contributed by atoms with van der Waals surface area (Å²) in [6.45, 7) is 9.07. The van der Waals surface area contributed by atoms with Crippen LogP contribution in [0.15, 0.2) is 54.6 Å². The Morgan fingerprint density at radius 2 is 1.79 bits per heavy atom. The summed E-state index contributed by atoms with van der Waals surface area (Å²) < 4.78 is 0. The third-order valence-corrected chi connectivity index (χ3v) is 10.5. The molecule has 1 saturated carbocycles. The van der Waals surface area contributed by atoms with Crippen LogP contribution in [-0.2, 0) is 35.4 Å². The molecule has 1 spiro atoms. The van der Waals surface area contributed by atoms with E-state index >= 15 is 0 Å². The van der Waals surface area contributed by atoms with E-state index in [1.165, 1.54) is 9.80 Å². The number of halogens is 1. The van der Waals surface area contributed by atoms with E-state index < -0.39 is 64.6 Å². The summed E-state index contributed by atoms with van der Waals surface area (Å²) >= 11 is 6.26. The maximum Gasteiger partial charge on any atom is 0.289 e. The number of amides is 5. The highest BCUT2D eigenvalue weighted by Crippen LogP contribution is 2.39. The molecular formula is C39H47ClN6O7. The first-order valence-corrected chi connectivity index (χ1v) is 18.6. The van der Waals surface area contributed by atoms with E-state index in [-0.39, 0.29) is 37.9 Å². The number of nitrogens with one attached hydrogen (secondary N) is 4. The van der Waals surface area contributed by atoms with Gasteiger partial charge in [-0.25, -0.2) is 0 Å². The highest BCUT2D eigenvalue weighted by Gasteiger charge is 2.54. The molecule has 6 rings (SSSR count). The van der Waals surface area contributed by atoms with Crippen molar-refractivity contribution in [1.29, 1.82) is 0 Å². The minimum Gasteiger partial charge on any atom is -0.347 e. The third-order valence-electron chi connectivity index (χ3n) is 10.3. The number of rotatable bonds is 12. The SMILES string of the molecule is CCC[C@H](NC(=O)[C@@H]1C[C@]2(C=C(c3cccc(Cl)c3)NO2)CN1C(=O)[C@@H](NC(=O)C(C)N1Cc2ccccc2C1=O)C(C)(C)C)C(=O)C(=O)NC1CC1. The molecule has 5 atom stereocenters. The van der Waals surface area contributed by atoms with Crippen LogP contribution in [0.3, 0.4) is 0 Å². The molecule has 5 amide bonds. The maximum atomic E-state index is 14.8. The third kappa shape index (κ3) is 8.11. The molecule has 1 aliphatic carbocycles. The minimum atomic E-state index is -1.16. The van der Waals surface area contributed by atoms with Crippen molar-refractivity contribution in [2.45, 2.75) is 109 Å². The van der Waals surface area contributed by atoms with Crippen LogP contribution in [0.5, 0.6) is 0 Å². The summed E-state index contributed by atoms with van der Waals surface area (Å²) in [7, 11) is 0. The second kappa shape index (κ2) is 14.9. The predicted molar refractivity (Wildman–Crippen MR) is 197 cm³/mol. The van der Waals surface area contributed by atoms with E-state index in [4.69, 9.17) is 16.4 Å². The van der Waals surface area contributed by atoms with Crippen LogP contribution in [-0.4, -0.2) is 87.5 Å². The van der Waals surface area contributed by atoms with Gasteiger partial charge in [-0.05, 0) is 61.4 Å². The first-order chi connectivity index (χ1) is 25.1. The largest absolute Gasteiger partial charge is 0.347 e. The molecule has 13 nitrogen and oxygen atoms in total. The van der Waals surface area contributed by atoms with Gasteiger partial charge in [-0.2, -0.15) is 0 Å². The number of likely N-dealkylation sites (tertiary alicyclic amines) is 1. The topological polar surface area (TPSA) is 166 Å². The van der Waals surface area contributed by atoms with Gasteiger partial charge in [0.15, 0.2) is 0 Å². The molecule has 53 heavy (non-hydrogen) atoms. The van der Waals surface area contributed by atoms with Crippen molar-refractivity contribution in [1.82, 2.24) is 31.2 Å². The molecule has 2 fully saturated rings. The predicted octanol–water partition coefficient (Wildman–Crippen LogP) is 3.26. The summed E-state index contributed by atoms with van der Waals surface area (Å²) in [4.78, 5) is 91.0. The zero-order valence-corrected chi connectivity index (χ0v) is 31.4. The zero-order valence-electron chi connectivity index (χ0n) is 30.7. The fraction of sp³-hybridized carbons (Fsp3) is 0.487. The summed E-state index contributed by atoms with van der Waals surface area (Å²) in [6, 6.07) is 10.0. The number of Topliss-reactive ketones (excluding diaryl/α,β-unsaturated/α-hetero) is 1. The van der Waals surface area contributed by atoms with Gasteiger partial charge < -0.3 is 25.8 Å². The Hall–Kier alpha value is -4.75. The summed E-state index contributed by atoms with van der Waals surface area (Å²) in [6.07, 6.45) is 4.18. The number of nitrogens with zero attached hydrogens (tertiary/aromatic N) is 2. The Bertz CT molecular complexity index is 1850. The van der Waals surface area contributed by atoms with Gasteiger partial charge in [-0.3, -0.25) is 39.1 Å². The van der Waals surface area contributed by atoms with Gasteiger partial charge in [0.25, 0.3) is 11.8 Å². The molecule has 0 aromatic heterocycles. The number of hydrogen-bond donors (Lipinski definition) is 4. The Kier molecular flexibility index (Phi) is 10.7. The van der Waals surface area contributed by atoms with Crippen LogP contribution in [0.4, 0.5) is 0 Å². The number of fused-ring (bicyclic) bond motifs is 1. The van der Waals surface area contributed by atoms with Crippen molar-refractivity contribution in [2.24, 2.45) is 5.41 Å². The van der Waals surface area contributed by atoms with Gasteiger partial charge in [0.2, 0.25) is 23.5 Å². The van der Waals surface area contributed by atoms with Gasteiger partial charge in [-0.15, -0.1) is 0 Å². The van der Waals surface area contributed by atoms with Gasteiger partial charge in [0.05, 0.1) is 18.3 Å². The number of carbonyl (C=O) groups excluding carboxylic acids is 6. The second-order valence-corrected chi connectivity index (χ2v) is 16.0. The van der Waals surface area contributed by atoms with Gasteiger partial charge >= 0.3 is 0 Å². The maximum absolute atomic E-state index is 14.8. The smallest absolute Gasteiger partial charge is 0.289 e. The normalized spacial score (nSPS) is 22.4. The lowest BCUT2D eigenvalue weighted by Crippen LogP contribution is -2.60. The standard InChI is InChI=1S/C39H47ClN6O7/c1-6-10-28(31(47)35(50)41-26-15-16-26)42-34(49)30-19-39(18-29(44-53-39)23-12-9-13-25(40)17-23)21-46(30)37(52)32(38(3,4)5)43-33(48)22(2)45-20-24-11-7-8-14-27(24)36(45)51/h7-9,11-14,17-18,22,26,28,30,32,44H,6,10,15-16,19-21H2,1-5H3,(H,41,50)(H,42,49)(H,43,48)/t22?,28-,30-,32+,39+/m0/s1. The summed E-state index contributed by atoms with van der Waals surface area (Å²) in [5, 5.41) is 8.89. The highest BCUT2D eigenvalue weighted by molar-refractivity contribution is 6.38. The molecule has 3 aliphatic heterocycles. The van der Waals surface area contributed by atoms with Crippen molar-refractivity contribution in [2.75, 3.05) is 6.54 Å². The molecule has 1 saturated heterocycles. The molecule has 14 heteroatoms. The average molecular weight is 747 g/mol. The van der Waals surface area contributed by atoms with E-state index in [9.17, 15) is 28.8 Å². The van der Waals surface area contributed by atoms with Gasteiger partial charge in [-0.1, -0.05) is 76.0 Å². The van der Waals surface area contributed by atoms with E-state index in [0.29, 0.717) is 22.7 Å². The van der Waals surface area contributed by atoms with Crippen LogP contribution in [0.25, 0.3) is 5.70 Å². The van der Waals surface area contributed by atoms with Crippen molar-refractivity contribution in [3.05, 3.63) is 76.3 Å². The first-order valence-electron chi connectivity index (χ1n) is 18.2. The van der Waals surface area contributed by atoms with Crippen molar-refractivity contribution in [3.8, 4) is 0 Å². The summed E-state index contributed by atoms with van der Waals surface area (Å²) in [5.74, 6) is -3.44. The van der Waals surface area contributed by atoms with Crippen LogP contribution in [0.1, 0.15) is 88.2 Å². The zero-order chi connectivity index (χ0) is 38.2. The fourth-order valence-electron chi connectivity index (χ4n) is 7.10. The molecule has 1 unspecified atom stereocenters. The van der Waals surface area contributed by atoms with Crippen molar-refractivity contribution < 1.29 is 33.6 Å². The Morgan fingerprint density at radius 3 is 2.45 bits per heavy atom. The molecule has 282 valence electrons. The van der Waals surface area contributed by atoms with E-state index in [1.807, 2.05) is 31.2 Å². The number of carbonyl (C=O) groups is 6. The highest BCUT2D eigenvalue weighted by atomic mass is 35.5. The van der Waals surface area contributed by atoms with Crippen LogP contribution < -0.4 is 21.4 Å². The van der Waals surface area contributed by atoms with Crippen LogP contribution in [0.2, 0.25) is 5.02 Å². The van der Waals surface area contributed by atoms with Crippen molar-refractivity contribution in [3.63, 3.8) is 0 Å². The lowest BCUT2D eigenvalue weighted by atomic mass is 9.85. The molecule has 0 bridgehead atoms. The van der Waals surface area contributed by atoms with E-state index in [1.54, 1.807) is 58.0 Å². The molecule has 2 aromatic rings. The molecule has 4 N–H and O–H groups in total.